The van der Waals surface area contributed by atoms with E-state index < -0.39 is 0 Å². The van der Waals surface area contributed by atoms with E-state index in [4.69, 9.17) is 5.73 Å². The molecule has 0 amide bonds. The number of fused-ring (bicyclic) bond motifs is 1. The zero-order chi connectivity index (χ0) is 8.55. The second-order valence-electron chi connectivity index (χ2n) is 3.40. The Hall–Kier alpha value is -0.500. The van der Waals surface area contributed by atoms with Crippen molar-refractivity contribution in [1.82, 2.24) is 0 Å². The van der Waals surface area contributed by atoms with Gasteiger partial charge in [0.1, 0.15) is 0 Å². The van der Waals surface area contributed by atoms with Crippen LogP contribution in [0.4, 0.5) is 5.69 Å². The molecule has 1 aliphatic carbocycles. The summed E-state index contributed by atoms with van der Waals surface area (Å²) in [6.45, 7) is 2.19. The normalized spacial score (nSPS) is 16.1. The Morgan fingerprint density at radius 3 is 2.75 bits per heavy atom. The highest BCUT2D eigenvalue weighted by molar-refractivity contribution is 7.12. The van der Waals surface area contributed by atoms with E-state index in [0.29, 0.717) is 0 Å². The summed E-state index contributed by atoms with van der Waals surface area (Å²) < 4.78 is 0. The van der Waals surface area contributed by atoms with Gasteiger partial charge in [0.25, 0.3) is 0 Å². The monoisotopic (exact) mass is 181 g/mol. The van der Waals surface area contributed by atoms with Gasteiger partial charge in [0, 0.05) is 15.4 Å². The molecule has 1 aromatic heterocycles. The first kappa shape index (κ1) is 8.11. The molecule has 2 rings (SSSR count). The number of nitrogens with two attached hydrogens (primary N) is 1. The SMILES string of the molecule is CCc1sc2c(c1N)CCCC2. The molecular weight excluding hydrogens is 166 g/mol. The average molecular weight is 181 g/mol. The molecule has 2 N–H and O–H groups in total. The van der Waals surface area contributed by atoms with Crippen molar-refractivity contribution in [2.24, 2.45) is 0 Å². The number of rotatable bonds is 1. The molecule has 0 aromatic carbocycles. The lowest BCUT2D eigenvalue weighted by Crippen LogP contribution is -2.01. The molecule has 0 spiro atoms. The van der Waals surface area contributed by atoms with Gasteiger partial charge in [-0.3, -0.25) is 0 Å². The smallest absolute Gasteiger partial charge is 0.0490 e. The van der Waals surface area contributed by atoms with E-state index in [1.165, 1.54) is 36.1 Å². The molecule has 66 valence electrons. The molecule has 1 nitrogen and oxygen atoms in total. The average Bonchev–Trinajstić information content (AvgIpc) is 2.44. The summed E-state index contributed by atoms with van der Waals surface area (Å²) >= 11 is 1.94. The van der Waals surface area contributed by atoms with Crippen molar-refractivity contribution in [2.75, 3.05) is 5.73 Å². The minimum Gasteiger partial charge on any atom is -0.398 e. The quantitative estimate of drug-likeness (QED) is 0.708. The van der Waals surface area contributed by atoms with E-state index >= 15 is 0 Å². The lowest BCUT2D eigenvalue weighted by atomic mass is 9.97. The van der Waals surface area contributed by atoms with Gasteiger partial charge in [-0.2, -0.15) is 0 Å². The molecule has 1 aliphatic rings. The molecule has 0 unspecified atom stereocenters. The van der Waals surface area contributed by atoms with E-state index in [2.05, 4.69) is 6.92 Å². The molecule has 1 heterocycles. The van der Waals surface area contributed by atoms with E-state index in [1.807, 2.05) is 11.3 Å². The lowest BCUT2D eigenvalue weighted by molar-refractivity contribution is 0.698. The summed E-state index contributed by atoms with van der Waals surface area (Å²) in [6, 6.07) is 0. The number of hydrogen-bond acceptors (Lipinski definition) is 2. The molecule has 0 fully saturated rings. The van der Waals surface area contributed by atoms with Crippen molar-refractivity contribution in [3.63, 3.8) is 0 Å². The second kappa shape index (κ2) is 3.09. The maximum atomic E-state index is 6.05. The predicted octanol–water partition coefficient (Wildman–Crippen LogP) is 2.77. The third kappa shape index (κ3) is 1.14. The third-order valence-corrected chi connectivity index (χ3v) is 4.06. The summed E-state index contributed by atoms with van der Waals surface area (Å²) in [7, 11) is 0. The van der Waals surface area contributed by atoms with Crippen molar-refractivity contribution >= 4 is 17.0 Å². The predicted molar refractivity (Wildman–Crippen MR) is 54.8 cm³/mol. The van der Waals surface area contributed by atoms with Crippen LogP contribution in [0.3, 0.4) is 0 Å². The van der Waals surface area contributed by atoms with E-state index in [9.17, 15) is 0 Å². The second-order valence-corrected chi connectivity index (χ2v) is 4.59. The van der Waals surface area contributed by atoms with E-state index in [0.717, 1.165) is 12.1 Å². The fourth-order valence-electron chi connectivity index (χ4n) is 1.91. The Morgan fingerprint density at radius 2 is 2.08 bits per heavy atom. The van der Waals surface area contributed by atoms with Crippen molar-refractivity contribution in [1.29, 1.82) is 0 Å². The summed E-state index contributed by atoms with van der Waals surface area (Å²) in [5.74, 6) is 0. The summed E-state index contributed by atoms with van der Waals surface area (Å²) in [5, 5.41) is 0. The van der Waals surface area contributed by atoms with Crippen LogP contribution in [0, 0.1) is 0 Å². The molecule has 0 aliphatic heterocycles. The van der Waals surface area contributed by atoms with Crippen molar-refractivity contribution in [3.8, 4) is 0 Å². The standard InChI is InChI=1S/C10H15NS/c1-2-8-10(11)7-5-3-4-6-9(7)12-8/h2-6,11H2,1H3. The first-order valence-electron chi connectivity index (χ1n) is 4.71. The lowest BCUT2D eigenvalue weighted by Gasteiger charge is -2.10. The molecule has 0 atom stereocenters. The Balaban J connectivity index is 2.44. The van der Waals surface area contributed by atoms with Crippen LogP contribution in [0.15, 0.2) is 0 Å². The Morgan fingerprint density at radius 1 is 1.33 bits per heavy atom. The molecular formula is C10H15NS. The first-order chi connectivity index (χ1) is 5.83. The maximum absolute atomic E-state index is 6.05. The first-order valence-corrected chi connectivity index (χ1v) is 5.53. The zero-order valence-corrected chi connectivity index (χ0v) is 8.34. The highest BCUT2D eigenvalue weighted by atomic mass is 32.1. The van der Waals surface area contributed by atoms with Crippen LogP contribution in [0.1, 0.15) is 35.1 Å². The van der Waals surface area contributed by atoms with Crippen LogP contribution in [0.25, 0.3) is 0 Å². The van der Waals surface area contributed by atoms with Gasteiger partial charge in [0.15, 0.2) is 0 Å². The zero-order valence-electron chi connectivity index (χ0n) is 7.52. The van der Waals surface area contributed by atoms with Gasteiger partial charge in [-0.25, -0.2) is 0 Å². The van der Waals surface area contributed by atoms with Gasteiger partial charge in [-0.05, 0) is 37.7 Å². The number of thiophene rings is 1. The van der Waals surface area contributed by atoms with Crippen LogP contribution in [0.2, 0.25) is 0 Å². The Bertz CT molecular complexity index is 288. The number of anilines is 1. The number of aryl methyl sites for hydroxylation is 2. The summed E-state index contributed by atoms with van der Waals surface area (Å²) in [6.07, 6.45) is 6.28. The molecule has 0 radical (unpaired) electrons. The fourth-order valence-corrected chi connectivity index (χ4v) is 3.17. The van der Waals surface area contributed by atoms with Gasteiger partial charge in [-0.15, -0.1) is 11.3 Å². The molecule has 2 heteroatoms. The van der Waals surface area contributed by atoms with E-state index in [-0.39, 0.29) is 0 Å². The number of hydrogen-bond donors (Lipinski definition) is 1. The van der Waals surface area contributed by atoms with Crippen LogP contribution in [-0.2, 0) is 19.3 Å². The molecule has 12 heavy (non-hydrogen) atoms. The van der Waals surface area contributed by atoms with Gasteiger partial charge in [0.05, 0.1) is 0 Å². The van der Waals surface area contributed by atoms with Crippen molar-refractivity contribution in [2.45, 2.75) is 39.0 Å². The van der Waals surface area contributed by atoms with Gasteiger partial charge >= 0.3 is 0 Å². The molecule has 0 saturated heterocycles. The van der Waals surface area contributed by atoms with Crippen LogP contribution in [-0.4, -0.2) is 0 Å². The van der Waals surface area contributed by atoms with Gasteiger partial charge in [0.2, 0.25) is 0 Å². The van der Waals surface area contributed by atoms with Crippen LogP contribution in [0.5, 0.6) is 0 Å². The maximum Gasteiger partial charge on any atom is 0.0490 e. The minimum absolute atomic E-state index is 1.10. The Kier molecular flexibility index (Phi) is 2.09. The highest BCUT2D eigenvalue weighted by Gasteiger charge is 2.17. The summed E-state index contributed by atoms with van der Waals surface area (Å²) in [5.41, 5.74) is 8.63. The highest BCUT2D eigenvalue weighted by Crippen LogP contribution is 2.36. The van der Waals surface area contributed by atoms with Gasteiger partial charge < -0.3 is 5.73 Å². The van der Waals surface area contributed by atoms with Crippen molar-refractivity contribution < 1.29 is 0 Å². The largest absolute Gasteiger partial charge is 0.398 e. The molecule has 0 saturated carbocycles. The van der Waals surface area contributed by atoms with Crippen LogP contribution >= 0.6 is 11.3 Å². The third-order valence-electron chi connectivity index (χ3n) is 2.61. The Labute approximate surface area is 77.6 Å². The van der Waals surface area contributed by atoms with Crippen molar-refractivity contribution in [3.05, 3.63) is 15.3 Å². The van der Waals surface area contributed by atoms with Crippen LogP contribution < -0.4 is 5.73 Å². The minimum atomic E-state index is 1.10. The van der Waals surface area contributed by atoms with E-state index in [1.54, 1.807) is 4.88 Å². The fraction of sp³-hybridized carbons (Fsp3) is 0.600. The number of nitrogen functional groups attached to an aromatic ring is 1. The van der Waals surface area contributed by atoms with Gasteiger partial charge in [-0.1, -0.05) is 6.92 Å². The summed E-state index contributed by atoms with van der Waals surface area (Å²) in [4.78, 5) is 2.97. The molecule has 0 bridgehead atoms. The molecule has 1 aromatic rings. The topological polar surface area (TPSA) is 26.0 Å².